The van der Waals surface area contributed by atoms with Crippen molar-refractivity contribution in [2.75, 3.05) is 49.0 Å². The minimum atomic E-state index is -4.06. The second kappa shape index (κ2) is 10.5. The molecule has 3 aromatic heterocycles. The number of nitrogens with zero attached hydrogens (tertiary/aromatic N) is 5. The number of halogens is 2. The third kappa shape index (κ3) is 4.89. The van der Waals surface area contributed by atoms with Crippen LogP contribution < -0.4 is 9.62 Å². The molecule has 1 aromatic carbocycles. The van der Waals surface area contributed by atoms with Crippen LogP contribution in [0.4, 0.5) is 20.4 Å². The lowest BCUT2D eigenvalue weighted by Crippen LogP contribution is -2.37. The molecule has 6 rings (SSSR count). The van der Waals surface area contributed by atoms with Crippen LogP contribution in [0.15, 0.2) is 42.9 Å². The quantitative estimate of drug-likeness (QED) is 0.325. The van der Waals surface area contributed by atoms with E-state index in [0.717, 1.165) is 12.1 Å². The minimum Gasteiger partial charge on any atom is -0.378 e. The highest BCUT2D eigenvalue weighted by Crippen LogP contribution is 2.30. The number of hydrogen-bond donors (Lipinski definition) is 2. The molecule has 0 radical (unpaired) electrons. The van der Waals surface area contributed by atoms with Crippen molar-refractivity contribution in [3.05, 3.63) is 65.6 Å². The molecule has 14 heteroatoms. The Hall–Kier alpha value is -4.01. The molecule has 2 aliphatic rings. The first kappa shape index (κ1) is 26.2. The first-order chi connectivity index (χ1) is 19.3. The van der Waals surface area contributed by atoms with Crippen molar-refractivity contribution < 1.29 is 26.7 Å². The summed E-state index contributed by atoms with van der Waals surface area (Å²) >= 11 is 0. The van der Waals surface area contributed by atoms with Crippen molar-refractivity contribution >= 4 is 38.7 Å². The zero-order chi connectivity index (χ0) is 27.9. The van der Waals surface area contributed by atoms with Crippen molar-refractivity contribution in [3.63, 3.8) is 0 Å². The third-order valence-electron chi connectivity index (χ3n) is 6.97. The summed E-state index contributed by atoms with van der Waals surface area (Å²) in [6.07, 6.45) is 5.91. The highest BCUT2D eigenvalue weighted by atomic mass is 32.2. The summed E-state index contributed by atoms with van der Waals surface area (Å²) in [5.74, 6) is -2.84. The van der Waals surface area contributed by atoms with Gasteiger partial charge >= 0.3 is 10.2 Å². The number of carbonyl (C=O) groups excluding carboxylic acids is 1. The molecule has 0 saturated carbocycles. The molecule has 11 nitrogen and oxygen atoms in total. The van der Waals surface area contributed by atoms with Gasteiger partial charge in [-0.25, -0.2) is 23.7 Å². The van der Waals surface area contributed by atoms with Gasteiger partial charge in [0.15, 0.2) is 5.82 Å². The number of aromatic nitrogens is 4. The molecule has 0 aliphatic carbocycles. The Labute approximate surface area is 228 Å². The van der Waals surface area contributed by atoms with E-state index in [0.29, 0.717) is 80.5 Å². The van der Waals surface area contributed by atoms with Gasteiger partial charge in [-0.1, -0.05) is 0 Å². The standard InChI is InChI=1S/C26H25F2N7O4S/c27-19-3-4-21(33-40(37,38)35-7-1-2-8-35)23(28)22(19)24(36)18-15-31-25-17(18)13-16(14-30-25)20-5-6-29-26(32-20)34-9-11-39-12-10-34/h3-6,13-15,33H,1-2,7-12H2,(H,30,31). The predicted octanol–water partition coefficient (Wildman–Crippen LogP) is 3.12. The SMILES string of the molecule is O=C(c1c(F)ccc(NS(=O)(=O)N2CCCC2)c1F)c1c[nH]c2ncc(-c3ccnc(N4CCOCC4)n3)cc12. The van der Waals surface area contributed by atoms with Crippen molar-refractivity contribution in [1.29, 1.82) is 0 Å². The molecule has 4 aromatic rings. The number of ketones is 1. The molecule has 0 bridgehead atoms. The average Bonchev–Trinajstić information content (AvgIpc) is 3.66. The van der Waals surface area contributed by atoms with Gasteiger partial charge in [0.2, 0.25) is 11.7 Å². The summed E-state index contributed by atoms with van der Waals surface area (Å²) < 4.78 is 64.4. The monoisotopic (exact) mass is 569 g/mol. The van der Waals surface area contributed by atoms with Crippen LogP contribution in [0.25, 0.3) is 22.3 Å². The number of benzene rings is 1. The fourth-order valence-corrected chi connectivity index (χ4v) is 6.17. The Morgan fingerprint density at radius 1 is 1.05 bits per heavy atom. The van der Waals surface area contributed by atoms with Crippen molar-refractivity contribution in [2.45, 2.75) is 12.8 Å². The Kier molecular flexibility index (Phi) is 6.90. The summed E-state index contributed by atoms with van der Waals surface area (Å²) in [6.45, 7) is 3.06. The van der Waals surface area contributed by atoms with Crippen LogP contribution in [0, 0.1) is 11.6 Å². The third-order valence-corrected chi connectivity index (χ3v) is 8.49. The number of pyridine rings is 1. The number of fused-ring (bicyclic) bond motifs is 1. The van der Waals surface area contributed by atoms with Gasteiger partial charge in [0.1, 0.15) is 11.5 Å². The molecule has 2 fully saturated rings. The molecule has 40 heavy (non-hydrogen) atoms. The maximum absolute atomic E-state index is 15.5. The second-order valence-corrected chi connectivity index (χ2v) is 11.2. The van der Waals surface area contributed by atoms with Crippen molar-refractivity contribution in [3.8, 4) is 11.3 Å². The average molecular weight is 570 g/mol. The van der Waals surface area contributed by atoms with Gasteiger partial charge in [0.25, 0.3) is 0 Å². The molecule has 208 valence electrons. The van der Waals surface area contributed by atoms with Gasteiger partial charge in [-0.2, -0.15) is 12.7 Å². The van der Waals surface area contributed by atoms with Gasteiger partial charge in [-0.15, -0.1) is 0 Å². The van der Waals surface area contributed by atoms with E-state index in [2.05, 4.69) is 24.7 Å². The number of nitrogens with one attached hydrogen (secondary N) is 2. The van der Waals surface area contributed by atoms with E-state index in [-0.39, 0.29) is 5.56 Å². The molecule has 0 spiro atoms. The fraction of sp³-hybridized carbons (Fsp3) is 0.308. The number of morpholine rings is 1. The van der Waals surface area contributed by atoms with E-state index in [9.17, 15) is 17.6 Å². The minimum absolute atomic E-state index is 0.0239. The summed E-state index contributed by atoms with van der Waals surface area (Å²) in [5, 5.41) is 0.330. The lowest BCUT2D eigenvalue weighted by molar-refractivity contribution is 0.103. The molecule has 0 unspecified atom stereocenters. The fourth-order valence-electron chi connectivity index (χ4n) is 4.86. The molecular formula is C26H25F2N7O4S. The molecule has 0 amide bonds. The molecule has 2 saturated heterocycles. The van der Waals surface area contributed by atoms with Gasteiger partial charge in [0, 0.05) is 61.3 Å². The summed E-state index contributed by atoms with van der Waals surface area (Å²) in [6, 6.07) is 5.19. The molecular weight excluding hydrogens is 544 g/mol. The zero-order valence-electron chi connectivity index (χ0n) is 21.2. The molecule has 2 aliphatic heterocycles. The van der Waals surface area contributed by atoms with Crippen LogP contribution in [-0.2, 0) is 14.9 Å². The van der Waals surface area contributed by atoms with E-state index in [1.807, 2.05) is 4.90 Å². The highest BCUT2D eigenvalue weighted by molar-refractivity contribution is 7.90. The van der Waals surface area contributed by atoms with Crippen LogP contribution in [0.3, 0.4) is 0 Å². The largest absolute Gasteiger partial charge is 0.378 e. The van der Waals surface area contributed by atoms with Crippen LogP contribution in [0.5, 0.6) is 0 Å². The Balaban J connectivity index is 1.34. The Morgan fingerprint density at radius 2 is 1.82 bits per heavy atom. The lowest BCUT2D eigenvalue weighted by Gasteiger charge is -2.26. The van der Waals surface area contributed by atoms with Gasteiger partial charge < -0.3 is 14.6 Å². The maximum atomic E-state index is 15.5. The predicted molar refractivity (Wildman–Crippen MR) is 143 cm³/mol. The Bertz CT molecular complexity index is 1700. The van der Waals surface area contributed by atoms with E-state index in [1.54, 1.807) is 24.5 Å². The second-order valence-electron chi connectivity index (χ2n) is 9.49. The van der Waals surface area contributed by atoms with E-state index >= 15 is 4.39 Å². The molecule has 2 N–H and O–H groups in total. The number of anilines is 2. The van der Waals surface area contributed by atoms with E-state index in [1.165, 1.54) is 10.5 Å². The number of rotatable bonds is 7. The molecule has 0 atom stereocenters. The van der Waals surface area contributed by atoms with Crippen molar-refractivity contribution in [1.82, 2.24) is 24.2 Å². The van der Waals surface area contributed by atoms with Crippen LogP contribution in [0.1, 0.15) is 28.8 Å². The van der Waals surface area contributed by atoms with Crippen molar-refractivity contribution in [2.24, 2.45) is 0 Å². The Morgan fingerprint density at radius 3 is 2.60 bits per heavy atom. The summed E-state index contributed by atoms with van der Waals surface area (Å²) in [4.78, 5) is 31.7. The summed E-state index contributed by atoms with van der Waals surface area (Å²) in [5.41, 5.74) is 0.0641. The van der Waals surface area contributed by atoms with E-state index < -0.39 is 38.9 Å². The maximum Gasteiger partial charge on any atom is 0.301 e. The van der Waals surface area contributed by atoms with Gasteiger partial charge in [-0.05, 0) is 37.1 Å². The first-order valence-corrected chi connectivity index (χ1v) is 14.2. The topological polar surface area (TPSA) is 133 Å². The number of aromatic amines is 1. The zero-order valence-corrected chi connectivity index (χ0v) is 22.0. The van der Waals surface area contributed by atoms with Gasteiger partial charge in [0.05, 0.1) is 30.2 Å². The highest BCUT2D eigenvalue weighted by Gasteiger charge is 2.29. The summed E-state index contributed by atoms with van der Waals surface area (Å²) in [7, 11) is -4.06. The molecule has 5 heterocycles. The van der Waals surface area contributed by atoms with Crippen LogP contribution in [-0.4, -0.2) is 77.8 Å². The smallest absolute Gasteiger partial charge is 0.301 e. The van der Waals surface area contributed by atoms with Crippen LogP contribution >= 0.6 is 0 Å². The number of hydrogen-bond acceptors (Lipinski definition) is 8. The number of H-pyrrole nitrogens is 1. The normalized spacial score (nSPS) is 16.5. The lowest BCUT2D eigenvalue weighted by atomic mass is 10.0. The first-order valence-electron chi connectivity index (χ1n) is 12.8. The van der Waals surface area contributed by atoms with E-state index in [4.69, 9.17) is 4.74 Å². The van der Waals surface area contributed by atoms with Gasteiger partial charge in [-0.3, -0.25) is 9.52 Å². The number of carbonyl (C=O) groups is 1. The number of ether oxygens (including phenoxy) is 1. The van der Waals surface area contributed by atoms with Crippen LogP contribution in [0.2, 0.25) is 0 Å².